The zero-order chi connectivity index (χ0) is 21.8. The van der Waals surface area contributed by atoms with Crippen molar-refractivity contribution < 1.29 is 19.0 Å². The fraction of sp³-hybridized carbons (Fsp3) is 0.240. The molecule has 1 aromatic heterocycles. The minimum atomic E-state index is -0.867. The average molecular weight is 416 g/mol. The van der Waals surface area contributed by atoms with Gasteiger partial charge in [0, 0.05) is 12.1 Å². The van der Waals surface area contributed by atoms with Gasteiger partial charge < -0.3 is 9.84 Å². The van der Waals surface area contributed by atoms with Gasteiger partial charge in [0.2, 0.25) is 0 Å². The Morgan fingerprint density at radius 2 is 1.94 bits per heavy atom. The van der Waals surface area contributed by atoms with E-state index in [2.05, 4.69) is 11.1 Å². The average Bonchev–Trinajstić information content (AvgIpc) is 3.59. The smallest absolute Gasteiger partial charge is 0.303 e. The number of carboxylic acids is 1. The van der Waals surface area contributed by atoms with Crippen LogP contribution in [0.1, 0.15) is 36.1 Å². The van der Waals surface area contributed by atoms with E-state index < -0.39 is 5.97 Å². The summed E-state index contributed by atoms with van der Waals surface area (Å²) in [7, 11) is 0. The van der Waals surface area contributed by atoms with Crippen molar-refractivity contribution in [3.05, 3.63) is 83.4 Å². The molecule has 0 spiro atoms. The highest BCUT2D eigenvalue weighted by Gasteiger charge is 2.44. The zero-order valence-corrected chi connectivity index (χ0v) is 16.8. The van der Waals surface area contributed by atoms with Crippen molar-refractivity contribution >= 4 is 5.97 Å². The summed E-state index contributed by atoms with van der Waals surface area (Å²) in [6.45, 7) is 0.160. The summed E-state index contributed by atoms with van der Waals surface area (Å²) in [5, 5.41) is 18.1. The molecule has 156 valence electrons. The van der Waals surface area contributed by atoms with Crippen LogP contribution in [0, 0.1) is 17.1 Å². The van der Waals surface area contributed by atoms with Crippen LogP contribution in [0.25, 0.3) is 11.1 Å². The largest absolute Gasteiger partial charge is 0.487 e. The van der Waals surface area contributed by atoms with Crippen molar-refractivity contribution in [1.29, 1.82) is 5.26 Å². The number of carboxylic acid groups (broad SMARTS) is 1. The molecule has 1 aliphatic rings. The Hall–Kier alpha value is -3.72. The van der Waals surface area contributed by atoms with Crippen molar-refractivity contribution in [2.24, 2.45) is 0 Å². The van der Waals surface area contributed by atoms with Gasteiger partial charge in [-0.25, -0.2) is 4.39 Å². The molecular formula is C25H21FN2O3. The van der Waals surface area contributed by atoms with Gasteiger partial charge in [0.25, 0.3) is 0 Å². The molecule has 1 N–H and O–H groups in total. The van der Waals surface area contributed by atoms with E-state index in [4.69, 9.17) is 9.84 Å². The number of halogens is 1. The zero-order valence-electron chi connectivity index (χ0n) is 16.8. The maximum atomic E-state index is 13.9. The Balaban J connectivity index is 1.49. The molecular weight excluding hydrogens is 395 g/mol. The molecule has 0 bridgehead atoms. The normalized spacial score (nSPS) is 13.9. The van der Waals surface area contributed by atoms with Gasteiger partial charge >= 0.3 is 5.97 Å². The van der Waals surface area contributed by atoms with E-state index in [1.165, 1.54) is 12.1 Å². The highest BCUT2D eigenvalue weighted by atomic mass is 19.1. The molecule has 4 rings (SSSR count). The van der Waals surface area contributed by atoms with Crippen LogP contribution in [0.15, 0.2) is 60.8 Å². The standard InChI is InChI=1S/C25H21FN2O3/c26-20-5-9-23(17-1-3-19(4-2-17)25(16-27)11-12-25)18(13-20)15-31-22-8-6-21(28-14-22)7-10-24(29)30/h1-6,8-9,13-14H,7,10-12,15H2,(H,29,30). The molecule has 2 aromatic carbocycles. The highest BCUT2D eigenvalue weighted by molar-refractivity contribution is 5.68. The number of carbonyl (C=O) groups is 1. The predicted molar refractivity (Wildman–Crippen MR) is 113 cm³/mol. The summed E-state index contributed by atoms with van der Waals surface area (Å²) in [6.07, 6.45) is 3.70. The third kappa shape index (κ3) is 4.72. The van der Waals surface area contributed by atoms with Crippen molar-refractivity contribution in [2.75, 3.05) is 0 Å². The number of pyridine rings is 1. The van der Waals surface area contributed by atoms with Crippen molar-refractivity contribution in [3.8, 4) is 22.9 Å². The number of nitrogens with zero attached hydrogens (tertiary/aromatic N) is 2. The van der Waals surface area contributed by atoms with Crippen LogP contribution < -0.4 is 4.74 Å². The number of hydrogen-bond donors (Lipinski definition) is 1. The number of aliphatic carboxylic acids is 1. The Labute approximate surface area is 179 Å². The monoisotopic (exact) mass is 416 g/mol. The van der Waals surface area contributed by atoms with E-state index in [9.17, 15) is 14.4 Å². The van der Waals surface area contributed by atoms with Crippen LogP contribution in [0.2, 0.25) is 0 Å². The SMILES string of the molecule is N#CC1(c2ccc(-c3ccc(F)cc3COc3ccc(CCC(=O)O)nc3)cc2)CC1. The lowest BCUT2D eigenvalue weighted by Gasteiger charge is -2.13. The van der Waals surface area contributed by atoms with E-state index in [1.807, 2.05) is 24.3 Å². The lowest BCUT2D eigenvalue weighted by atomic mass is 9.93. The van der Waals surface area contributed by atoms with Crippen LogP contribution in [0.5, 0.6) is 5.75 Å². The van der Waals surface area contributed by atoms with E-state index >= 15 is 0 Å². The van der Waals surface area contributed by atoms with Gasteiger partial charge in [0.15, 0.2) is 0 Å². The van der Waals surface area contributed by atoms with E-state index in [1.54, 1.807) is 24.4 Å². The summed E-state index contributed by atoms with van der Waals surface area (Å²) >= 11 is 0. The second-order valence-corrected chi connectivity index (χ2v) is 7.74. The third-order valence-electron chi connectivity index (χ3n) is 5.57. The molecule has 1 fully saturated rings. The fourth-order valence-electron chi connectivity index (χ4n) is 3.56. The molecule has 5 nitrogen and oxygen atoms in total. The molecule has 1 aliphatic carbocycles. The summed E-state index contributed by atoms with van der Waals surface area (Å²) in [6, 6.07) is 18.3. The molecule has 0 saturated heterocycles. The van der Waals surface area contributed by atoms with Crippen LogP contribution in [0.3, 0.4) is 0 Å². The molecule has 6 heteroatoms. The molecule has 0 aliphatic heterocycles. The first-order valence-corrected chi connectivity index (χ1v) is 10.1. The van der Waals surface area contributed by atoms with Gasteiger partial charge in [-0.15, -0.1) is 0 Å². The number of hydrogen-bond acceptors (Lipinski definition) is 4. The predicted octanol–water partition coefficient (Wildman–Crippen LogP) is 5.04. The molecule has 0 radical (unpaired) electrons. The van der Waals surface area contributed by atoms with Gasteiger partial charge in [-0.3, -0.25) is 9.78 Å². The number of aryl methyl sites for hydroxylation is 1. The van der Waals surface area contributed by atoms with Gasteiger partial charge in [-0.1, -0.05) is 30.3 Å². The first kappa shape index (κ1) is 20.5. The minimum Gasteiger partial charge on any atom is -0.487 e. The number of aromatic nitrogens is 1. The summed E-state index contributed by atoms with van der Waals surface area (Å²) in [4.78, 5) is 14.9. The van der Waals surface area contributed by atoms with Crippen molar-refractivity contribution in [2.45, 2.75) is 37.7 Å². The fourth-order valence-corrected chi connectivity index (χ4v) is 3.56. The second kappa shape index (κ2) is 8.57. The highest BCUT2D eigenvalue weighted by Crippen LogP contribution is 2.47. The summed E-state index contributed by atoms with van der Waals surface area (Å²) in [5.74, 6) is -0.689. The van der Waals surface area contributed by atoms with Gasteiger partial charge in [0.05, 0.1) is 24.1 Å². The van der Waals surface area contributed by atoms with E-state index in [0.717, 1.165) is 29.5 Å². The quantitative estimate of drug-likeness (QED) is 0.556. The Morgan fingerprint density at radius 3 is 2.55 bits per heavy atom. The van der Waals surface area contributed by atoms with Crippen LogP contribution >= 0.6 is 0 Å². The molecule has 0 amide bonds. The molecule has 31 heavy (non-hydrogen) atoms. The van der Waals surface area contributed by atoms with E-state index in [0.29, 0.717) is 23.4 Å². The van der Waals surface area contributed by atoms with E-state index in [-0.39, 0.29) is 24.3 Å². The number of benzene rings is 2. The van der Waals surface area contributed by atoms with Crippen LogP contribution in [-0.4, -0.2) is 16.1 Å². The number of nitriles is 1. The maximum Gasteiger partial charge on any atom is 0.303 e. The first-order chi connectivity index (χ1) is 15.0. The lowest BCUT2D eigenvalue weighted by molar-refractivity contribution is -0.136. The second-order valence-electron chi connectivity index (χ2n) is 7.74. The molecule has 0 unspecified atom stereocenters. The topological polar surface area (TPSA) is 83.2 Å². The minimum absolute atomic E-state index is 0.0220. The maximum absolute atomic E-state index is 13.9. The van der Waals surface area contributed by atoms with Gasteiger partial charge in [-0.05, 0) is 59.4 Å². The third-order valence-corrected chi connectivity index (χ3v) is 5.57. The van der Waals surface area contributed by atoms with Crippen molar-refractivity contribution in [1.82, 2.24) is 4.98 Å². The van der Waals surface area contributed by atoms with Crippen LogP contribution in [0.4, 0.5) is 4.39 Å². The molecule has 3 aromatic rings. The number of ether oxygens (including phenoxy) is 1. The summed E-state index contributed by atoms with van der Waals surface area (Å²) < 4.78 is 19.7. The molecule has 0 atom stereocenters. The van der Waals surface area contributed by atoms with Gasteiger partial charge in [0.1, 0.15) is 18.2 Å². The Kier molecular flexibility index (Phi) is 5.68. The molecule has 1 heterocycles. The Morgan fingerprint density at radius 1 is 1.16 bits per heavy atom. The van der Waals surface area contributed by atoms with Crippen LogP contribution in [-0.2, 0) is 23.2 Å². The number of rotatable bonds is 8. The lowest BCUT2D eigenvalue weighted by Crippen LogP contribution is -2.03. The van der Waals surface area contributed by atoms with Gasteiger partial charge in [-0.2, -0.15) is 5.26 Å². The van der Waals surface area contributed by atoms with Crippen molar-refractivity contribution in [3.63, 3.8) is 0 Å². The Bertz CT molecular complexity index is 1130. The summed E-state index contributed by atoms with van der Waals surface area (Å²) in [5.41, 5.74) is 3.85. The molecule has 1 saturated carbocycles. The first-order valence-electron chi connectivity index (χ1n) is 10.1.